The molecular formula is C21H21NO3. The summed E-state index contributed by atoms with van der Waals surface area (Å²) in [5.41, 5.74) is 2.52. The van der Waals surface area contributed by atoms with Crippen LogP contribution in [0.1, 0.15) is 59.3 Å². The van der Waals surface area contributed by atoms with Gasteiger partial charge in [-0.3, -0.25) is 4.79 Å². The number of ether oxygens (including phenoxy) is 1. The number of fused-ring (bicyclic) bond motifs is 1. The number of rotatable bonds is 5. The fourth-order valence-corrected chi connectivity index (χ4v) is 3.68. The van der Waals surface area contributed by atoms with Crippen molar-refractivity contribution in [3.63, 3.8) is 0 Å². The van der Waals surface area contributed by atoms with Crippen molar-refractivity contribution in [1.82, 2.24) is 5.32 Å². The van der Waals surface area contributed by atoms with Gasteiger partial charge in [0, 0.05) is 5.56 Å². The highest BCUT2D eigenvalue weighted by Gasteiger charge is 2.34. The van der Waals surface area contributed by atoms with Crippen LogP contribution in [-0.2, 0) is 9.53 Å². The van der Waals surface area contributed by atoms with E-state index in [9.17, 15) is 9.59 Å². The van der Waals surface area contributed by atoms with E-state index in [0.717, 1.165) is 24.0 Å². The Morgan fingerprint density at radius 2 is 1.80 bits per heavy atom. The molecule has 2 aliphatic rings. The average Bonchev–Trinajstić information content (AvgIpc) is 2.90. The largest absolute Gasteiger partial charge is 0.453 e. The van der Waals surface area contributed by atoms with E-state index in [-0.39, 0.29) is 24.3 Å². The van der Waals surface area contributed by atoms with Gasteiger partial charge in [-0.05, 0) is 30.4 Å². The minimum atomic E-state index is -0.485. The fourth-order valence-electron chi connectivity index (χ4n) is 3.68. The second kappa shape index (κ2) is 6.71. The fraction of sp³-hybridized carbons (Fsp3) is 0.333. The number of nitrogens with one attached hydrogen (secondary N) is 1. The number of amides is 1. The van der Waals surface area contributed by atoms with E-state index in [1.54, 1.807) is 6.07 Å². The topological polar surface area (TPSA) is 55.4 Å². The first-order valence-electron chi connectivity index (χ1n) is 8.86. The molecule has 0 unspecified atom stereocenters. The monoisotopic (exact) mass is 335 g/mol. The highest BCUT2D eigenvalue weighted by Crippen LogP contribution is 2.38. The van der Waals surface area contributed by atoms with Crippen LogP contribution in [0, 0.1) is 5.92 Å². The summed E-state index contributed by atoms with van der Waals surface area (Å²) in [4.78, 5) is 24.6. The predicted molar refractivity (Wildman–Crippen MR) is 93.9 cm³/mol. The second-order valence-electron chi connectivity index (χ2n) is 6.83. The van der Waals surface area contributed by atoms with E-state index in [1.807, 2.05) is 36.4 Å². The number of cyclic esters (lactones) is 1. The molecule has 1 N–H and O–H groups in total. The summed E-state index contributed by atoms with van der Waals surface area (Å²) >= 11 is 0. The van der Waals surface area contributed by atoms with Crippen LogP contribution >= 0.6 is 0 Å². The van der Waals surface area contributed by atoms with Gasteiger partial charge in [0.1, 0.15) is 6.10 Å². The van der Waals surface area contributed by atoms with Crippen molar-refractivity contribution in [3.8, 4) is 0 Å². The Morgan fingerprint density at radius 1 is 1.08 bits per heavy atom. The molecule has 1 aliphatic carbocycles. The summed E-state index contributed by atoms with van der Waals surface area (Å²) in [5, 5.41) is 3.18. The molecule has 1 heterocycles. The number of benzene rings is 2. The van der Waals surface area contributed by atoms with Crippen LogP contribution in [0.15, 0.2) is 54.6 Å². The molecule has 4 rings (SSSR count). The van der Waals surface area contributed by atoms with E-state index < -0.39 is 6.10 Å². The van der Waals surface area contributed by atoms with E-state index in [2.05, 4.69) is 17.4 Å². The Balaban J connectivity index is 1.47. The lowest BCUT2D eigenvalue weighted by atomic mass is 9.77. The number of hydrogen-bond acceptors (Lipinski definition) is 3. The zero-order valence-electron chi connectivity index (χ0n) is 14.0. The first kappa shape index (κ1) is 15.9. The maximum absolute atomic E-state index is 12.6. The van der Waals surface area contributed by atoms with Crippen molar-refractivity contribution in [2.45, 2.75) is 37.8 Å². The number of hydrogen-bond donors (Lipinski definition) is 1. The Hall–Kier alpha value is -2.62. The summed E-state index contributed by atoms with van der Waals surface area (Å²) in [6.45, 7) is 0. The van der Waals surface area contributed by atoms with Gasteiger partial charge >= 0.3 is 5.97 Å². The number of esters is 1. The maximum Gasteiger partial charge on any atom is 0.339 e. The van der Waals surface area contributed by atoms with Crippen molar-refractivity contribution in [2.75, 3.05) is 0 Å². The van der Waals surface area contributed by atoms with Crippen LogP contribution in [0.5, 0.6) is 0 Å². The van der Waals surface area contributed by atoms with Gasteiger partial charge in [0.25, 0.3) is 0 Å². The van der Waals surface area contributed by atoms with Crippen molar-refractivity contribution < 1.29 is 14.3 Å². The minimum absolute atomic E-state index is 0.0369. The lowest BCUT2D eigenvalue weighted by Crippen LogP contribution is -2.36. The van der Waals surface area contributed by atoms with Crippen molar-refractivity contribution >= 4 is 11.9 Å². The summed E-state index contributed by atoms with van der Waals surface area (Å²) < 4.78 is 5.39. The van der Waals surface area contributed by atoms with E-state index in [4.69, 9.17) is 4.74 Å². The molecule has 1 aliphatic heterocycles. The molecule has 1 fully saturated rings. The van der Waals surface area contributed by atoms with E-state index >= 15 is 0 Å². The molecule has 0 aromatic heterocycles. The summed E-state index contributed by atoms with van der Waals surface area (Å²) in [6.07, 6.45) is 3.18. The van der Waals surface area contributed by atoms with Gasteiger partial charge in [-0.2, -0.15) is 0 Å². The molecule has 2 aromatic carbocycles. The molecule has 4 nitrogen and oxygen atoms in total. The maximum atomic E-state index is 12.6. The number of carbonyl (C=O) groups excluding carboxylic acids is 2. The quantitative estimate of drug-likeness (QED) is 0.842. The highest BCUT2D eigenvalue weighted by molar-refractivity contribution is 5.94. The summed E-state index contributed by atoms with van der Waals surface area (Å²) in [5.74, 6) is 0.0759. The van der Waals surface area contributed by atoms with Crippen molar-refractivity contribution in [3.05, 3.63) is 71.3 Å². The molecule has 1 amide bonds. The Kier molecular flexibility index (Phi) is 4.26. The van der Waals surface area contributed by atoms with Gasteiger partial charge in [-0.15, -0.1) is 0 Å². The lowest BCUT2D eigenvalue weighted by Gasteiger charge is -2.34. The van der Waals surface area contributed by atoms with Gasteiger partial charge in [-0.1, -0.05) is 55.0 Å². The van der Waals surface area contributed by atoms with E-state index in [1.165, 1.54) is 6.42 Å². The third kappa shape index (κ3) is 3.16. The third-order valence-corrected chi connectivity index (χ3v) is 5.24. The second-order valence-corrected chi connectivity index (χ2v) is 6.83. The Labute approximate surface area is 147 Å². The molecule has 4 heteroatoms. The van der Waals surface area contributed by atoms with Crippen LogP contribution in [0.2, 0.25) is 0 Å². The standard InChI is InChI=1S/C21H21NO3/c23-19(13-18-16-11-4-5-12-17(16)21(24)25-18)22-20(15-9-6-10-15)14-7-2-1-3-8-14/h1-5,7-8,11-12,15,18,20H,6,9-10,13H2,(H,22,23)/t18-,20+/m1/s1. The SMILES string of the molecule is O=C(C[C@H]1OC(=O)c2ccccc21)N[C@@H](c1ccccc1)C1CCC1. The molecule has 128 valence electrons. The molecule has 2 atom stereocenters. The zero-order chi connectivity index (χ0) is 17.2. The first-order valence-corrected chi connectivity index (χ1v) is 8.86. The van der Waals surface area contributed by atoms with Crippen LogP contribution in [0.4, 0.5) is 0 Å². The van der Waals surface area contributed by atoms with Crippen LogP contribution < -0.4 is 5.32 Å². The van der Waals surface area contributed by atoms with Gasteiger partial charge < -0.3 is 10.1 Å². The molecule has 0 spiro atoms. The average molecular weight is 335 g/mol. The predicted octanol–water partition coefficient (Wildman–Crippen LogP) is 3.95. The smallest absolute Gasteiger partial charge is 0.339 e. The zero-order valence-corrected chi connectivity index (χ0v) is 14.0. The Morgan fingerprint density at radius 3 is 2.52 bits per heavy atom. The minimum Gasteiger partial charge on any atom is -0.453 e. The summed E-state index contributed by atoms with van der Waals surface area (Å²) in [7, 11) is 0. The molecule has 0 radical (unpaired) electrons. The lowest BCUT2D eigenvalue weighted by molar-refractivity contribution is -0.124. The van der Waals surface area contributed by atoms with Gasteiger partial charge in [-0.25, -0.2) is 4.79 Å². The third-order valence-electron chi connectivity index (χ3n) is 5.24. The first-order chi connectivity index (χ1) is 12.2. The van der Waals surface area contributed by atoms with Crippen molar-refractivity contribution in [2.24, 2.45) is 5.92 Å². The normalized spacial score (nSPS) is 20.3. The molecular weight excluding hydrogens is 314 g/mol. The molecule has 2 aromatic rings. The molecule has 0 saturated heterocycles. The Bertz CT molecular complexity index is 783. The molecule has 0 bridgehead atoms. The van der Waals surface area contributed by atoms with E-state index in [0.29, 0.717) is 11.5 Å². The van der Waals surface area contributed by atoms with Crippen LogP contribution in [0.3, 0.4) is 0 Å². The summed E-state index contributed by atoms with van der Waals surface area (Å²) in [6, 6.07) is 17.4. The van der Waals surface area contributed by atoms with Crippen molar-refractivity contribution in [1.29, 1.82) is 0 Å². The number of carbonyl (C=O) groups is 2. The van der Waals surface area contributed by atoms with Gasteiger partial charge in [0.2, 0.25) is 5.91 Å². The van der Waals surface area contributed by atoms with Crippen LogP contribution in [0.25, 0.3) is 0 Å². The molecule has 1 saturated carbocycles. The van der Waals surface area contributed by atoms with Crippen LogP contribution in [-0.4, -0.2) is 11.9 Å². The highest BCUT2D eigenvalue weighted by atomic mass is 16.5. The van der Waals surface area contributed by atoms with Gasteiger partial charge in [0.05, 0.1) is 18.0 Å². The van der Waals surface area contributed by atoms with Gasteiger partial charge in [0.15, 0.2) is 0 Å². The molecule has 25 heavy (non-hydrogen) atoms.